The van der Waals surface area contributed by atoms with Crippen molar-refractivity contribution in [1.29, 1.82) is 0 Å². The fourth-order valence-corrected chi connectivity index (χ4v) is 10.1. The third kappa shape index (κ3) is 5.80. The van der Waals surface area contributed by atoms with E-state index in [1.165, 1.54) is 12.1 Å². The van der Waals surface area contributed by atoms with Crippen LogP contribution in [0.2, 0.25) is 5.02 Å². The summed E-state index contributed by atoms with van der Waals surface area (Å²) in [6.45, 7) is 5.81. The highest BCUT2D eigenvalue weighted by Gasteiger charge is 2.58. The summed E-state index contributed by atoms with van der Waals surface area (Å²) >= 11 is 6.19. The molecule has 238 valence electrons. The lowest BCUT2D eigenvalue weighted by atomic mass is 9.57. The van der Waals surface area contributed by atoms with Crippen LogP contribution in [0.3, 0.4) is 0 Å². The number of sulfone groups is 1. The molecule has 0 radical (unpaired) electrons. The second-order valence-electron chi connectivity index (χ2n) is 13.2. The topological polar surface area (TPSA) is 49.9 Å². The Bertz CT molecular complexity index is 1940. The van der Waals surface area contributed by atoms with Gasteiger partial charge in [0.2, 0.25) is 0 Å². The van der Waals surface area contributed by atoms with Crippen LogP contribution in [0.4, 0.5) is 13.2 Å². The maximum Gasteiger partial charge on any atom is 0.416 e. The summed E-state index contributed by atoms with van der Waals surface area (Å²) in [5, 5.41) is 0.621. The normalized spacial score (nSPS) is 23.3. The number of rotatable bonds is 3. The van der Waals surface area contributed by atoms with Gasteiger partial charge in [0.15, 0.2) is 9.84 Å². The monoisotopic (exact) mass is 661 g/mol. The summed E-state index contributed by atoms with van der Waals surface area (Å²) in [4.78, 5) is 2.57. The third-order valence-corrected chi connectivity index (χ3v) is 12.1. The molecule has 3 atom stereocenters. The van der Waals surface area contributed by atoms with Gasteiger partial charge in [0.1, 0.15) is 0 Å². The smallest absolute Gasteiger partial charge is 0.368 e. The molecule has 3 aliphatic carbocycles. The van der Waals surface area contributed by atoms with Gasteiger partial charge in [-0.1, -0.05) is 91.7 Å². The summed E-state index contributed by atoms with van der Waals surface area (Å²) < 4.78 is 68.8. The van der Waals surface area contributed by atoms with Crippen LogP contribution >= 0.6 is 11.6 Å². The molecule has 7 rings (SSSR count). The largest absolute Gasteiger partial charge is 0.416 e. The lowest BCUT2D eigenvalue weighted by Crippen LogP contribution is -2.54. The molecule has 0 saturated heterocycles. The molecule has 1 fully saturated rings. The molecular formula is C38H35ClF3NO2S. The van der Waals surface area contributed by atoms with E-state index < -0.39 is 32.2 Å². The lowest BCUT2D eigenvalue weighted by molar-refractivity contribution is -0.137. The van der Waals surface area contributed by atoms with Crippen molar-refractivity contribution in [2.24, 2.45) is 17.3 Å². The van der Waals surface area contributed by atoms with Crippen molar-refractivity contribution in [2.45, 2.75) is 49.4 Å². The summed E-state index contributed by atoms with van der Waals surface area (Å²) in [6.07, 6.45) is 6.44. The molecule has 1 aromatic heterocycles. The first-order valence-electron chi connectivity index (χ1n) is 15.2. The number of fused-ring (bicyclic) bond motifs is 5. The van der Waals surface area contributed by atoms with Crippen LogP contribution in [-0.2, 0) is 16.0 Å². The second-order valence-corrected chi connectivity index (χ2v) is 16.1. The van der Waals surface area contributed by atoms with E-state index >= 15 is 0 Å². The van der Waals surface area contributed by atoms with E-state index in [9.17, 15) is 21.6 Å². The molecule has 1 saturated carbocycles. The Labute approximate surface area is 273 Å². The van der Waals surface area contributed by atoms with Crippen LogP contribution < -0.4 is 0 Å². The minimum Gasteiger partial charge on any atom is -0.368 e. The predicted molar refractivity (Wildman–Crippen MR) is 179 cm³/mol. The zero-order chi connectivity index (χ0) is 32.9. The molecule has 46 heavy (non-hydrogen) atoms. The number of hydrogen-bond donors (Lipinski definition) is 1. The maximum atomic E-state index is 14.6. The average molecular weight is 662 g/mol. The minimum absolute atomic E-state index is 0.280. The minimum atomic E-state index is -4.65. The molecule has 0 bridgehead atoms. The van der Waals surface area contributed by atoms with Crippen molar-refractivity contribution in [3.05, 3.63) is 148 Å². The molecule has 1 heterocycles. The number of alkyl halides is 3. The lowest BCUT2D eigenvalue weighted by Gasteiger charge is -2.53. The van der Waals surface area contributed by atoms with Crippen molar-refractivity contribution >= 4 is 32.6 Å². The zero-order valence-electron chi connectivity index (χ0n) is 25.8. The van der Waals surface area contributed by atoms with Gasteiger partial charge < -0.3 is 4.98 Å². The van der Waals surface area contributed by atoms with E-state index in [0.717, 1.165) is 45.5 Å². The van der Waals surface area contributed by atoms with Crippen molar-refractivity contribution in [1.82, 2.24) is 4.98 Å². The standard InChI is InChI=1S/C34H30ClF3O2S.C4H5N/c1-32(2)19-22-13-16-28-26-9-4-5-10-27(26)29(21-11-14-24(35)15-12-21)18-30(28)31(22)33(3,20-32)41(39,40)25-8-6-7-23(17-25)34(36,37)38;1-2-4-5-3-1/h4-18,30-31H,19-20H2,1-3H3;1-5H. The highest BCUT2D eigenvalue weighted by Crippen LogP contribution is 2.60. The van der Waals surface area contributed by atoms with E-state index in [0.29, 0.717) is 17.9 Å². The number of nitrogens with one attached hydrogen (secondary N) is 1. The Morgan fingerprint density at radius 3 is 2.15 bits per heavy atom. The Morgan fingerprint density at radius 1 is 0.848 bits per heavy atom. The van der Waals surface area contributed by atoms with Crippen LogP contribution in [0.15, 0.2) is 126 Å². The molecule has 8 heteroatoms. The van der Waals surface area contributed by atoms with Crippen LogP contribution in [0.1, 0.15) is 55.9 Å². The van der Waals surface area contributed by atoms with E-state index in [4.69, 9.17) is 11.6 Å². The quantitative estimate of drug-likeness (QED) is 0.238. The highest BCUT2D eigenvalue weighted by atomic mass is 35.5. The van der Waals surface area contributed by atoms with Crippen LogP contribution in [0, 0.1) is 17.3 Å². The van der Waals surface area contributed by atoms with Crippen molar-refractivity contribution in [2.75, 3.05) is 0 Å². The van der Waals surface area contributed by atoms with Gasteiger partial charge >= 0.3 is 6.18 Å². The SMILES string of the molecule is CC1(C)CC2=CC=C3c4ccccc4C(c4ccc(Cl)cc4)=CC3C2C(C)(S(=O)(=O)c2cccc(C(F)(F)F)c2)C1.c1cc[nH]c1. The van der Waals surface area contributed by atoms with Gasteiger partial charge in [-0.3, -0.25) is 0 Å². The average Bonchev–Trinajstić information content (AvgIpc) is 3.60. The molecule has 3 unspecified atom stereocenters. The van der Waals surface area contributed by atoms with Crippen LogP contribution in [-0.4, -0.2) is 18.1 Å². The molecule has 0 aliphatic heterocycles. The maximum absolute atomic E-state index is 14.6. The van der Waals surface area contributed by atoms with Gasteiger partial charge in [0.05, 0.1) is 15.2 Å². The summed E-state index contributed by atoms with van der Waals surface area (Å²) in [5.74, 6) is -0.733. The van der Waals surface area contributed by atoms with E-state index in [-0.39, 0.29) is 16.2 Å². The number of H-pyrrole nitrogens is 1. The molecule has 1 N–H and O–H groups in total. The first-order valence-corrected chi connectivity index (χ1v) is 17.1. The number of hydrogen-bond acceptors (Lipinski definition) is 2. The van der Waals surface area contributed by atoms with E-state index in [2.05, 4.69) is 35.3 Å². The van der Waals surface area contributed by atoms with Gasteiger partial charge in [-0.05, 0) is 95.5 Å². The third-order valence-electron chi connectivity index (χ3n) is 9.38. The number of halogens is 4. The Kier molecular flexibility index (Phi) is 8.22. The molecular weight excluding hydrogens is 627 g/mol. The Balaban J connectivity index is 0.000000679. The second kappa shape index (κ2) is 11.8. The number of aromatic amines is 1. The van der Waals surface area contributed by atoms with Crippen molar-refractivity contribution in [3.63, 3.8) is 0 Å². The molecule has 0 amide bonds. The first-order chi connectivity index (χ1) is 21.7. The fourth-order valence-electron chi connectivity index (χ4n) is 7.66. The number of benzene rings is 3. The van der Waals surface area contributed by atoms with Gasteiger partial charge in [-0.2, -0.15) is 13.2 Å². The van der Waals surface area contributed by atoms with Gasteiger partial charge in [-0.25, -0.2) is 8.42 Å². The molecule has 4 aromatic rings. The fraction of sp³-hybridized carbons (Fsp3) is 0.263. The number of allylic oxidation sites excluding steroid dienone is 5. The molecule has 3 nitrogen and oxygen atoms in total. The first kappa shape index (κ1) is 32.1. The van der Waals surface area contributed by atoms with Gasteiger partial charge in [0.25, 0.3) is 0 Å². The summed E-state index contributed by atoms with van der Waals surface area (Å²) in [5.41, 5.74) is 4.74. The number of aromatic nitrogens is 1. The predicted octanol–water partition coefficient (Wildman–Crippen LogP) is 10.4. The van der Waals surface area contributed by atoms with Crippen molar-refractivity contribution in [3.8, 4) is 0 Å². The van der Waals surface area contributed by atoms with E-state index in [1.807, 2.05) is 74.8 Å². The Morgan fingerprint density at radius 2 is 1.52 bits per heavy atom. The van der Waals surface area contributed by atoms with E-state index in [1.54, 1.807) is 6.92 Å². The molecule has 3 aromatic carbocycles. The molecule has 0 spiro atoms. The Hall–Kier alpha value is -3.81. The molecule has 3 aliphatic rings. The van der Waals surface area contributed by atoms with Gasteiger partial charge in [-0.15, -0.1) is 0 Å². The van der Waals surface area contributed by atoms with Crippen LogP contribution in [0.25, 0.3) is 11.1 Å². The van der Waals surface area contributed by atoms with Crippen molar-refractivity contribution < 1.29 is 21.6 Å². The van der Waals surface area contributed by atoms with Gasteiger partial charge in [0, 0.05) is 29.3 Å². The highest BCUT2D eigenvalue weighted by molar-refractivity contribution is 7.92. The zero-order valence-corrected chi connectivity index (χ0v) is 27.3. The summed E-state index contributed by atoms with van der Waals surface area (Å²) in [6, 6.07) is 23.7. The summed E-state index contributed by atoms with van der Waals surface area (Å²) in [7, 11) is -4.22. The van der Waals surface area contributed by atoms with Crippen LogP contribution in [0.5, 0.6) is 0 Å².